The van der Waals surface area contributed by atoms with Gasteiger partial charge in [0.25, 0.3) is 5.56 Å². The molecule has 34 heavy (non-hydrogen) atoms. The van der Waals surface area contributed by atoms with Crippen LogP contribution in [0.15, 0.2) is 64.6 Å². The number of sulfonamides is 1. The smallest absolute Gasteiger partial charge is 0.261 e. The van der Waals surface area contributed by atoms with Gasteiger partial charge in [0, 0.05) is 30.7 Å². The Kier molecular flexibility index (Phi) is 5.59. The van der Waals surface area contributed by atoms with Gasteiger partial charge >= 0.3 is 0 Å². The van der Waals surface area contributed by atoms with Crippen LogP contribution in [0.3, 0.4) is 0 Å². The van der Waals surface area contributed by atoms with Crippen LogP contribution in [0.25, 0.3) is 21.7 Å². The first kappa shape index (κ1) is 22.5. The molecule has 0 unspecified atom stereocenters. The average Bonchev–Trinajstić information content (AvgIpc) is 2.81. The first-order chi connectivity index (χ1) is 16.2. The normalized spacial score (nSPS) is 19.6. The number of aliphatic hydroxyl groups excluding tert-OH is 1. The minimum absolute atomic E-state index is 0.00487. The number of H-pyrrole nitrogens is 1. The third-order valence-corrected chi connectivity index (χ3v) is 7.73. The van der Waals surface area contributed by atoms with E-state index >= 15 is 0 Å². The standard InChI is InChI=1S/C24H24N4O5S/c1-34(32,33)27-9-8-21(29)20(13-27)28-14-26-23-18-5-3-2-4-17(18)16(11-19(23)24(28)31)10-15-6-7-22(30)25-12-15/h2-7,11-12,14,20-21,29H,8-10,13H2,1H3,(H,25,30)/t20-,21-/m0/s1. The van der Waals surface area contributed by atoms with Crippen LogP contribution in [-0.4, -0.2) is 57.8 Å². The molecule has 1 fully saturated rings. The topological polar surface area (TPSA) is 125 Å². The highest BCUT2D eigenvalue weighted by molar-refractivity contribution is 7.88. The number of hydrogen-bond acceptors (Lipinski definition) is 6. The van der Waals surface area contributed by atoms with Crippen LogP contribution in [-0.2, 0) is 16.4 Å². The molecule has 2 aromatic heterocycles. The van der Waals surface area contributed by atoms with E-state index < -0.39 is 22.2 Å². The average molecular weight is 481 g/mol. The zero-order valence-electron chi connectivity index (χ0n) is 18.5. The molecule has 5 rings (SSSR count). The van der Waals surface area contributed by atoms with Crippen molar-refractivity contribution in [2.75, 3.05) is 19.3 Å². The molecule has 3 heterocycles. The maximum Gasteiger partial charge on any atom is 0.261 e. The largest absolute Gasteiger partial charge is 0.391 e. The summed E-state index contributed by atoms with van der Waals surface area (Å²) in [6.45, 7) is 0.213. The van der Waals surface area contributed by atoms with Crippen molar-refractivity contribution in [2.45, 2.75) is 25.0 Å². The van der Waals surface area contributed by atoms with Crippen molar-refractivity contribution in [1.29, 1.82) is 0 Å². The minimum atomic E-state index is -3.46. The molecule has 176 valence electrons. The third-order valence-electron chi connectivity index (χ3n) is 6.46. The Morgan fingerprint density at radius 3 is 2.59 bits per heavy atom. The SMILES string of the molecule is CS(=O)(=O)N1CC[C@H](O)[C@@H](n2cnc3c(cc(Cc4ccc(=O)[nH]c4)c4ccccc43)c2=O)C1. The van der Waals surface area contributed by atoms with Gasteiger partial charge < -0.3 is 10.1 Å². The maximum atomic E-state index is 13.6. The van der Waals surface area contributed by atoms with Gasteiger partial charge in [-0.05, 0) is 35.4 Å². The number of aromatic amines is 1. The fraction of sp³-hybridized carbons (Fsp3) is 0.292. The molecule has 0 aliphatic carbocycles. The van der Waals surface area contributed by atoms with Gasteiger partial charge in [-0.15, -0.1) is 0 Å². The van der Waals surface area contributed by atoms with E-state index in [0.29, 0.717) is 17.3 Å². The number of aromatic nitrogens is 3. The molecule has 0 bridgehead atoms. The maximum absolute atomic E-state index is 13.6. The van der Waals surface area contributed by atoms with Gasteiger partial charge in [0.05, 0.1) is 35.6 Å². The molecule has 9 nitrogen and oxygen atoms in total. The lowest BCUT2D eigenvalue weighted by molar-refractivity contribution is 0.0580. The van der Waals surface area contributed by atoms with Crippen LogP contribution in [0.2, 0.25) is 0 Å². The molecule has 0 saturated carbocycles. The summed E-state index contributed by atoms with van der Waals surface area (Å²) in [7, 11) is -3.46. The van der Waals surface area contributed by atoms with Crippen molar-refractivity contribution in [2.24, 2.45) is 0 Å². The van der Waals surface area contributed by atoms with E-state index in [1.54, 1.807) is 18.3 Å². The molecular weight excluding hydrogens is 456 g/mol. The third kappa shape index (κ3) is 4.04. The number of piperidine rings is 1. The number of aliphatic hydroxyl groups is 1. The van der Waals surface area contributed by atoms with Crippen LogP contribution in [0.4, 0.5) is 0 Å². The van der Waals surface area contributed by atoms with E-state index in [9.17, 15) is 23.1 Å². The lowest BCUT2D eigenvalue weighted by atomic mass is 9.96. The van der Waals surface area contributed by atoms with Gasteiger partial charge in [0.2, 0.25) is 15.6 Å². The predicted octanol–water partition coefficient (Wildman–Crippen LogP) is 1.40. The molecule has 1 saturated heterocycles. The minimum Gasteiger partial charge on any atom is -0.391 e. The molecule has 1 aliphatic heterocycles. The van der Waals surface area contributed by atoms with E-state index in [4.69, 9.17) is 0 Å². The van der Waals surface area contributed by atoms with E-state index in [0.717, 1.165) is 28.2 Å². The number of fused-ring (bicyclic) bond motifs is 3. The molecule has 10 heteroatoms. The fourth-order valence-electron chi connectivity index (χ4n) is 4.67. The zero-order chi connectivity index (χ0) is 24.0. The Morgan fingerprint density at radius 2 is 1.88 bits per heavy atom. The molecule has 0 radical (unpaired) electrons. The summed E-state index contributed by atoms with van der Waals surface area (Å²) >= 11 is 0. The van der Waals surface area contributed by atoms with E-state index in [1.807, 2.05) is 24.3 Å². The van der Waals surface area contributed by atoms with Gasteiger partial charge in [-0.3, -0.25) is 14.2 Å². The Hall–Kier alpha value is -3.34. The van der Waals surface area contributed by atoms with Crippen molar-refractivity contribution in [3.63, 3.8) is 0 Å². The van der Waals surface area contributed by atoms with Crippen LogP contribution in [0, 0.1) is 0 Å². The monoisotopic (exact) mass is 480 g/mol. The Morgan fingerprint density at radius 1 is 1.12 bits per heavy atom. The fourth-order valence-corrected chi connectivity index (χ4v) is 5.53. The van der Waals surface area contributed by atoms with Gasteiger partial charge in [-0.25, -0.2) is 13.4 Å². The summed E-state index contributed by atoms with van der Waals surface area (Å²) in [5, 5.41) is 12.8. The quantitative estimate of drug-likeness (QED) is 0.425. The lowest BCUT2D eigenvalue weighted by Crippen LogP contribution is -2.48. The molecule has 0 spiro atoms. The summed E-state index contributed by atoms with van der Waals surface area (Å²) in [4.78, 5) is 32.3. The van der Waals surface area contributed by atoms with Crippen molar-refractivity contribution >= 4 is 31.7 Å². The van der Waals surface area contributed by atoms with Crippen molar-refractivity contribution < 1.29 is 13.5 Å². The highest BCUT2D eigenvalue weighted by Gasteiger charge is 2.34. The molecule has 2 N–H and O–H groups in total. The van der Waals surface area contributed by atoms with Crippen LogP contribution in [0.1, 0.15) is 23.6 Å². The second-order valence-electron chi connectivity index (χ2n) is 8.72. The van der Waals surface area contributed by atoms with Gasteiger partial charge in [0.1, 0.15) is 0 Å². The second kappa shape index (κ2) is 8.46. The number of pyridine rings is 1. The highest BCUT2D eigenvalue weighted by atomic mass is 32.2. The first-order valence-electron chi connectivity index (χ1n) is 10.9. The number of rotatable bonds is 4. The van der Waals surface area contributed by atoms with Crippen LogP contribution < -0.4 is 11.1 Å². The van der Waals surface area contributed by atoms with Gasteiger partial charge in [-0.2, -0.15) is 4.31 Å². The van der Waals surface area contributed by atoms with E-state index in [1.165, 1.54) is 21.3 Å². The predicted molar refractivity (Wildman–Crippen MR) is 129 cm³/mol. The molecule has 0 amide bonds. The Labute approximate surface area is 195 Å². The summed E-state index contributed by atoms with van der Waals surface area (Å²) in [5.74, 6) is 0. The second-order valence-corrected chi connectivity index (χ2v) is 10.7. The molecule has 2 aromatic carbocycles. The highest BCUT2D eigenvalue weighted by Crippen LogP contribution is 2.29. The van der Waals surface area contributed by atoms with Crippen LogP contribution >= 0.6 is 0 Å². The first-order valence-corrected chi connectivity index (χ1v) is 12.8. The van der Waals surface area contributed by atoms with Crippen molar-refractivity contribution in [3.8, 4) is 0 Å². The molecular formula is C24H24N4O5S. The van der Waals surface area contributed by atoms with E-state index in [2.05, 4.69) is 9.97 Å². The number of benzene rings is 2. The number of hydrogen-bond donors (Lipinski definition) is 2. The Bertz CT molecular complexity index is 1610. The Balaban J connectivity index is 1.66. The van der Waals surface area contributed by atoms with E-state index in [-0.39, 0.29) is 30.6 Å². The zero-order valence-corrected chi connectivity index (χ0v) is 19.3. The number of nitrogens with zero attached hydrogens (tertiary/aromatic N) is 3. The molecule has 2 atom stereocenters. The summed E-state index contributed by atoms with van der Waals surface area (Å²) in [6.07, 6.45) is 4.04. The van der Waals surface area contributed by atoms with Gasteiger partial charge in [-0.1, -0.05) is 30.3 Å². The molecule has 4 aromatic rings. The summed E-state index contributed by atoms with van der Waals surface area (Å²) < 4.78 is 26.8. The number of nitrogens with one attached hydrogen (secondary N) is 1. The summed E-state index contributed by atoms with van der Waals surface area (Å²) in [5.41, 5.74) is 1.81. The van der Waals surface area contributed by atoms with Gasteiger partial charge in [0.15, 0.2) is 0 Å². The summed E-state index contributed by atoms with van der Waals surface area (Å²) in [6, 6.07) is 12.0. The lowest BCUT2D eigenvalue weighted by Gasteiger charge is -2.35. The van der Waals surface area contributed by atoms with Crippen molar-refractivity contribution in [3.05, 3.63) is 86.8 Å². The molecule has 1 aliphatic rings. The van der Waals surface area contributed by atoms with Crippen LogP contribution in [0.5, 0.6) is 0 Å². The van der Waals surface area contributed by atoms with Crippen molar-refractivity contribution in [1.82, 2.24) is 18.8 Å².